The van der Waals surface area contributed by atoms with Crippen molar-refractivity contribution in [1.29, 1.82) is 0 Å². The minimum absolute atomic E-state index is 0.0562. The van der Waals surface area contributed by atoms with Crippen LogP contribution < -0.4 is 4.74 Å². The predicted molar refractivity (Wildman–Crippen MR) is 111 cm³/mol. The fourth-order valence-corrected chi connectivity index (χ4v) is 3.50. The van der Waals surface area contributed by atoms with Gasteiger partial charge < -0.3 is 14.4 Å². The van der Waals surface area contributed by atoms with Crippen molar-refractivity contribution >= 4 is 5.91 Å². The molecule has 3 rings (SSSR count). The first-order valence-electron chi connectivity index (χ1n) is 9.99. The van der Waals surface area contributed by atoms with Crippen LogP contribution in [0.3, 0.4) is 0 Å². The van der Waals surface area contributed by atoms with Gasteiger partial charge in [-0.3, -0.25) is 9.69 Å². The molecular weight excluding hydrogens is 352 g/mol. The molecule has 1 heterocycles. The highest BCUT2D eigenvalue weighted by molar-refractivity contribution is 5.81. The van der Waals surface area contributed by atoms with Crippen LogP contribution in [0.25, 0.3) is 11.1 Å². The first-order chi connectivity index (χ1) is 13.7. The van der Waals surface area contributed by atoms with Gasteiger partial charge in [0.05, 0.1) is 6.61 Å². The highest BCUT2D eigenvalue weighted by Gasteiger charge is 2.24. The maximum Gasteiger partial charge on any atom is 0.263 e. The minimum atomic E-state index is -0.492. The minimum Gasteiger partial charge on any atom is -0.481 e. The summed E-state index contributed by atoms with van der Waals surface area (Å²) in [6.45, 7) is 6.88. The molecule has 0 N–H and O–H groups in total. The lowest BCUT2D eigenvalue weighted by Crippen LogP contribution is -2.42. The number of amides is 1. The molecule has 0 radical (unpaired) electrons. The Kier molecular flexibility index (Phi) is 7.46. The summed E-state index contributed by atoms with van der Waals surface area (Å²) in [5.41, 5.74) is 2.30. The summed E-state index contributed by atoms with van der Waals surface area (Å²) in [5.74, 6) is 0.776. The number of methoxy groups -OCH3 is 1. The van der Waals surface area contributed by atoms with Crippen molar-refractivity contribution in [3.8, 4) is 16.9 Å². The van der Waals surface area contributed by atoms with Crippen molar-refractivity contribution in [2.75, 3.05) is 46.4 Å². The quantitative estimate of drug-likeness (QED) is 0.737. The Hall–Kier alpha value is -2.37. The van der Waals surface area contributed by atoms with Crippen molar-refractivity contribution in [1.82, 2.24) is 9.80 Å². The average Bonchev–Trinajstić information content (AvgIpc) is 2.98. The van der Waals surface area contributed by atoms with E-state index in [-0.39, 0.29) is 5.91 Å². The van der Waals surface area contributed by atoms with E-state index >= 15 is 0 Å². The number of hydrogen-bond acceptors (Lipinski definition) is 4. The van der Waals surface area contributed by atoms with Crippen molar-refractivity contribution in [2.24, 2.45) is 0 Å². The van der Waals surface area contributed by atoms with Gasteiger partial charge in [-0.2, -0.15) is 0 Å². The Labute approximate surface area is 167 Å². The lowest BCUT2D eigenvalue weighted by atomic mass is 10.1. The number of carbonyl (C=O) groups excluding carboxylic acids is 1. The summed E-state index contributed by atoms with van der Waals surface area (Å²) in [5, 5.41) is 0. The lowest BCUT2D eigenvalue weighted by Gasteiger charge is -2.25. The zero-order valence-electron chi connectivity index (χ0n) is 16.8. The molecule has 1 amide bonds. The van der Waals surface area contributed by atoms with Crippen molar-refractivity contribution in [3.05, 3.63) is 54.6 Å². The first-order valence-corrected chi connectivity index (χ1v) is 9.99. The Morgan fingerprint density at radius 2 is 1.68 bits per heavy atom. The Morgan fingerprint density at radius 3 is 2.39 bits per heavy atom. The summed E-state index contributed by atoms with van der Waals surface area (Å²) < 4.78 is 11.1. The largest absolute Gasteiger partial charge is 0.481 e. The fourth-order valence-electron chi connectivity index (χ4n) is 3.50. The lowest BCUT2D eigenvalue weighted by molar-refractivity contribution is -0.137. The monoisotopic (exact) mass is 382 g/mol. The van der Waals surface area contributed by atoms with Crippen LogP contribution in [0.1, 0.15) is 13.3 Å². The highest BCUT2D eigenvalue weighted by Crippen LogP contribution is 2.23. The third-order valence-electron chi connectivity index (χ3n) is 5.13. The second-order valence-corrected chi connectivity index (χ2v) is 7.16. The maximum atomic E-state index is 12.8. The maximum absolute atomic E-state index is 12.8. The summed E-state index contributed by atoms with van der Waals surface area (Å²) in [4.78, 5) is 17.1. The van der Waals surface area contributed by atoms with Gasteiger partial charge in [-0.1, -0.05) is 42.5 Å². The van der Waals surface area contributed by atoms with Crippen LogP contribution in [0.4, 0.5) is 0 Å². The molecule has 1 atom stereocenters. The fraction of sp³-hybridized carbons (Fsp3) is 0.435. The first kappa shape index (κ1) is 20.4. The Bertz CT molecular complexity index is 733. The second-order valence-electron chi connectivity index (χ2n) is 7.16. The number of nitrogens with zero attached hydrogens (tertiary/aromatic N) is 2. The van der Waals surface area contributed by atoms with Gasteiger partial charge in [0.2, 0.25) is 0 Å². The predicted octanol–water partition coefficient (Wildman–Crippen LogP) is 3.30. The number of benzene rings is 2. The molecule has 150 valence electrons. The molecule has 28 heavy (non-hydrogen) atoms. The van der Waals surface area contributed by atoms with Gasteiger partial charge in [-0.15, -0.1) is 0 Å². The molecule has 1 aliphatic heterocycles. The van der Waals surface area contributed by atoms with Crippen molar-refractivity contribution in [3.63, 3.8) is 0 Å². The van der Waals surface area contributed by atoms with E-state index in [1.807, 2.05) is 54.3 Å². The molecule has 1 saturated heterocycles. The molecular formula is C23H30N2O3. The van der Waals surface area contributed by atoms with Gasteiger partial charge in [-0.25, -0.2) is 0 Å². The van der Waals surface area contributed by atoms with E-state index in [2.05, 4.69) is 17.0 Å². The van der Waals surface area contributed by atoms with E-state index in [4.69, 9.17) is 9.47 Å². The summed E-state index contributed by atoms with van der Waals surface area (Å²) in [6.07, 6.45) is 0.488. The molecule has 1 unspecified atom stereocenters. The normalized spacial score (nSPS) is 16.4. The van der Waals surface area contributed by atoms with Gasteiger partial charge in [0.25, 0.3) is 5.91 Å². The molecule has 0 saturated carbocycles. The van der Waals surface area contributed by atoms with E-state index in [0.717, 1.165) is 57.1 Å². The SMILES string of the molecule is COCCN1CCCN(C(=O)C(C)Oc2ccc(-c3ccccc3)cc2)CC1. The molecule has 2 aromatic rings. The van der Waals surface area contributed by atoms with E-state index in [1.165, 1.54) is 5.56 Å². The zero-order valence-corrected chi connectivity index (χ0v) is 16.8. The van der Waals surface area contributed by atoms with Gasteiger partial charge >= 0.3 is 0 Å². The molecule has 0 bridgehead atoms. The summed E-state index contributed by atoms with van der Waals surface area (Å²) >= 11 is 0. The second kappa shape index (κ2) is 10.2. The van der Waals surface area contributed by atoms with Crippen molar-refractivity contribution < 1.29 is 14.3 Å². The number of carbonyl (C=O) groups is 1. The number of ether oxygens (including phenoxy) is 2. The smallest absolute Gasteiger partial charge is 0.263 e. The van der Waals surface area contributed by atoms with Gasteiger partial charge in [0.1, 0.15) is 5.75 Å². The zero-order chi connectivity index (χ0) is 19.8. The van der Waals surface area contributed by atoms with Crippen LogP contribution in [0.2, 0.25) is 0 Å². The van der Waals surface area contributed by atoms with E-state index in [9.17, 15) is 4.79 Å². The third kappa shape index (κ3) is 5.57. The molecule has 1 fully saturated rings. The van der Waals surface area contributed by atoms with E-state index in [1.54, 1.807) is 7.11 Å². The van der Waals surface area contributed by atoms with E-state index in [0.29, 0.717) is 0 Å². The standard InChI is InChI=1S/C23H30N2O3/c1-19(23(26)25-14-6-13-24(15-16-25)17-18-27-2)28-22-11-9-21(10-12-22)20-7-4-3-5-8-20/h3-5,7-12,19H,6,13-18H2,1-2H3. The van der Waals surface area contributed by atoms with Gasteiger partial charge in [0, 0.05) is 33.3 Å². The molecule has 5 nitrogen and oxygen atoms in total. The molecule has 2 aromatic carbocycles. The van der Waals surface area contributed by atoms with Crippen LogP contribution in [-0.2, 0) is 9.53 Å². The van der Waals surface area contributed by atoms with Crippen LogP contribution in [0, 0.1) is 0 Å². The number of hydrogen-bond donors (Lipinski definition) is 0. The Balaban J connectivity index is 1.54. The number of rotatable bonds is 7. The van der Waals surface area contributed by atoms with Crippen LogP contribution in [-0.4, -0.2) is 68.3 Å². The molecule has 0 aliphatic carbocycles. The van der Waals surface area contributed by atoms with Gasteiger partial charge in [0.15, 0.2) is 6.10 Å². The summed E-state index contributed by atoms with van der Waals surface area (Å²) in [6, 6.07) is 18.1. The van der Waals surface area contributed by atoms with Crippen molar-refractivity contribution in [2.45, 2.75) is 19.4 Å². The van der Waals surface area contributed by atoms with E-state index < -0.39 is 6.10 Å². The van der Waals surface area contributed by atoms with Gasteiger partial charge in [-0.05, 0) is 43.1 Å². The van der Waals surface area contributed by atoms with Crippen LogP contribution in [0.5, 0.6) is 5.75 Å². The molecule has 1 aliphatic rings. The topological polar surface area (TPSA) is 42.0 Å². The Morgan fingerprint density at radius 1 is 0.964 bits per heavy atom. The molecule has 0 aromatic heterocycles. The molecule has 0 spiro atoms. The van der Waals surface area contributed by atoms with Crippen LogP contribution >= 0.6 is 0 Å². The van der Waals surface area contributed by atoms with Crippen LogP contribution in [0.15, 0.2) is 54.6 Å². The summed E-state index contributed by atoms with van der Waals surface area (Å²) in [7, 11) is 1.72. The average molecular weight is 383 g/mol. The highest BCUT2D eigenvalue weighted by atomic mass is 16.5. The third-order valence-corrected chi connectivity index (χ3v) is 5.13. The molecule has 5 heteroatoms.